The van der Waals surface area contributed by atoms with Gasteiger partial charge in [0.2, 0.25) is 5.91 Å². The molecular formula is C23H27N3O4. The molecule has 1 atom stereocenters. The minimum atomic E-state index is -1.23. The van der Waals surface area contributed by atoms with Crippen LogP contribution in [0.4, 0.5) is 0 Å². The summed E-state index contributed by atoms with van der Waals surface area (Å²) in [6, 6.07) is 15.3. The highest BCUT2D eigenvalue weighted by molar-refractivity contribution is 6.07. The number of aliphatic hydroxyl groups excluding tert-OH is 1. The maximum absolute atomic E-state index is 13.4. The van der Waals surface area contributed by atoms with Gasteiger partial charge in [-0.05, 0) is 48.6 Å². The van der Waals surface area contributed by atoms with E-state index in [1.54, 1.807) is 12.1 Å². The predicted octanol–water partition coefficient (Wildman–Crippen LogP) is 2.51. The van der Waals surface area contributed by atoms with Crippen molar-refractivity contribution in [3.8, 4) is 11.1 Å². The van der Waals surface area contributed by atoms with E-state index in [-0.39, 0.29) is 31.9 Å². The van der Waals surface area contributed by atoms with Crippen LogP contribution in [0.2, 0.25) is 0 Å². The van der Waals surface area contributed by atoms with Crippen LogP contribution < -0.4 is 5.73 Å². The first-order valence-electron chi connectivity index (χ1n) is 9.90. The van der Waals surface area contributed by atoms with E-state index in [0.717, 1.165) is 16.7 Å². The van der Waals surface area contributed by atoms with Crippen LogP contribution in [0, 0.1) is 6.92 Å². The number of benzene rings is 2. The summed E-state index contributed by atoms with van der Waals surface area (Å²) in [6.45, 7) is 2.09. The lowest BCUT2D eigenvalue weighted by Gasteiger charge is -2.35. The Balaban J connectivity index is 1.93. The lowest BCUT2D eigenvalue weighted by molar-refractivity contribution is -0.127. The van der Waals surface area contributed by atoms with Gasteiger partial charge in [-0.15, -0.1) is 0 Å². The zero-order valence-corrected chi connectivity index (χ0v) is 17.3. The number of aliphatic hydroxyl groups is 1. The fourth-order valence-corrected chi connectivity index (χ4v) is 4.06. The van der Waals surface area contributed by atoms with Gasteiger partial charge in [0.05, 0.1) is 12.3 Å². The number of amides is 2. The second-order valence-electron chi connectivity index (χ2n) is 7.52. The highest BCUT2D eigenvalue weighted by Gasteiger charge is 2.51. The number of primary amides is 1. The Morgan fingerprint density at radius 1 is 1.20 bits per heavy atom. The molecule has 1 unspecified atom stereocenters. The van der Waals surface area contributed by atoms with Crippen molar-refractivity contribution < 1.29 is 19.5 Å². The lowest BCUT2D eigenvalue weighted by Crippen LogP contribution is -2.56. The highest BCUT2D eigenvalue weighted by Crippen LogP contribution is 2.34. The predicted molar refractivity (Wildman–Crippen MR) is 115 cm³/mol. The molecule has 1 aliphatic rings. The number of carbonyl (C=O) groups is 2. The summed E-state index contributed by atoms with van der Waals surface area (Å²) in [6.07, 6.45) is 0.803. The number of aryl methyl sites for hydroxylation is 1. The molecule has 158 valence electrons. The summed E-state index contributed by atoms with van der Waals surface area (Å²) in [5.74, 6) is -0.911. The SMILES string of the molecule is CON=C1CN(C(=O)c2ccc(-c3ccccc3C)cc2)C(CCCO)(C(N)=O)C1. The van der Waals surface area contributed by atoms with E-state index in [2.05, 4.69) is 5.16 Å². The minimum Gasteiger partial charge on any atom is -0.399 e. The highest BCUT2D eigenvalue weighted by atomic mass is 16.6. The van der Waals surface area contributed by atoms with Gasteiger partial charge in [-0.25, -0.2) is 0 Å². The van der Waals surface area contributed by atoms with Gasteiger partial charge in [-0.2, -0.15) is 0 Å². The molecule has 3 rings (SSSR count). The normalized spacial score (nSPS) is 19.8. The van der Waals surface area contributed by atoms with Crippen molar-refractivity contribution in [2.75, 3.05) is 20.3 Å². The molecule has 3 N–H and O–H groups in total. The van der Waals surface area contributed by atoms with Crippen molar-refractivity contribution in [2.45, 2.75) is 31.7 Å². The Bertz CT molecular complexity index is 955. The maximum atomic E-state index is 13.4. The first-order valence-corrected chi connectivity index (χ1v) is 9.90. The van der Waals surface area contributed by atoms with Crippen molar-refractivity contribution in [1.29, 1.82) is 0 Å². The molecule has 0 aromatic heterocycles. The molecule has 1 heterocycles. The van der Waals surface area contributed by atoms with Crippen LogP contribution in [0.1, 0.15) is 35.2 Å². The van der Waals surface area contributed by atoms with Gasteiger partial charge in [0.1, 0.15) is 12.6 Å². The molecule has 0 radical (unpaired) electrons. The molecular weight excluding hydrogens is 382 g/mol. The molecule has 0 bridgehead atoms. The molecule has 2 aromatic rings. The Hall–Kier alpha value is -3.19. The third-order valence-corrected chi connectivity index (χ3v) is 5.61. The van der Waals surface area contributed by atoms with Crippen LogP contribution in [-0.4, -0.2) is 53.3 Å². The number of nitrogens with two attached hydrogens (primary N) is 1. The lowest BCUT2D eigenvalue weighted by atomic mass is 9.88. The van der Waals surface area contributed by atoms with E-state index in [1.807, 2.05) is 43.3 Å². The quantitative estimate of drug-likeness (QED) is 0.686. The van der Waals surface area contributed by atoms with Gasteiger partial charge in [0.15, 0.2) is 0 Å². The molecule has 1 aliphatic heterocycles. The van der Waals surface area contributed by atoms with Crippen LogP contribution in [0.15, 0.2) is 53.7 Å². The zero-order valence-electron chi connectivity index (χ0n) is 17.3. The molecule has 0 spiro atoms. The average molecular weight is 409 g/mol. The van der Waals surface area contributed by atoms with Crippen LogP contribution in [0.5, 0.6) is 0 Å². The summed E-state index contributed by atoms with van der Waals surface area (Å²) in [5, 5.41) is 13.2. The Morgan fingerprint density at radius 3 is 2.50 bits per heavy atom. The second kappa shape index (κ2) is 9.09. The van der Waals surface area contributed by atoms with Gasteiger partial charge in [-0.1, -0.05) is 41.6 Å². The smallest absolute Gasteiger partial charge is 0.255 e. The first-order chi connectivity index (χ1) is 14.4. The summed E-state index contributed by atoms with van der Waals surface area (Å²) < 4.78 is 0. The van der Waals surface area contributed by atoms with E-state index in [1.165, 1.54) is 12.0 Å². The number of likely N-dealkylation sites (tertiary alicyclic amines) is 1. The standard InChI is InChI=1S/C23H27N3O4/c1-16-6-3-4-7-20(16)17-8-10-18(11-9-17)21(28)26-15-19(25-30-2)14-23(26,22(24)29)12-5-13-27/h3-4,6-11,27H,5,12-15H2,1-2H3,(H2,24,29). The Kier molecular flexibility index (Phi) is 6.52. The number of oxime groups is 1. The van der Waals surface area contributed by atoms with Gasteiger partial charge < -0.3 is 20.6 Å². The van der Waals surface area contributed by atoms with E-state index < -0.39 is 11.4 Å². The number of rotatable bonds is 7. The van der Waals surface area contributed by atoms with Gasteiger partial charge in [-0.3, -0.25) is 9.59 Å². The van der Waals surface area contributed by atoms with Crippen LogP contribution in [0.25, 0.3) is 11.1 Å². The first kappa shape index (κ1) is 21.5. The van der Waals surface area contributed by atoms with Crippen molar-refractivity contribution in [2.24, 2.45) is 10.9 Å². The molecule has 1 fully saturated rings. The van der Waals surface area contributed by atoms with Crippen molar-refractivity contribution in [1.82, 2.24) is 4.90 Å². The molecule has 7 nitrogen and oxygen atoms in total. The number of carbonyl (C=O) groups excluding carboxylic acids is 2. The monoisotopic (exact) mass is 409 g/mol. The number of hydrogen-bond donors (Lipinski definition) is 2. The molecule has 2 amide bonds. The zero-order chi connectivity index (χ0) is 21.7. The van der Waals surface area contributed by atoms with Crippen LogP contribution >= 0.6 is 0 Å². The third kappa shape index (κ3) is 4.07. The molecule has 30 heavy (non-hydrogen) atoms. The van der Waals surface area contributed by atoms with E-state index in [4.69, 9.17) is 10.6 Å². The summed E-state index contributed by atoms with van der Waals surface area (Å²) >= 11 is 0. The topological polar surface area (TPSA) is 105 Å². The average Bonchev–Trinajstić information content (AvgIpc) is 3.12. The van der Waals surface area contributed by atoms with Crippen LogP contribution in [-0.2, 0) is 9.63 Å². The molecule has 0 aliphatic carbocycles. The van der Waals surface area contributed by atoms with Gasteiger partial charge in [0, 0.05) is 18.6 Å². The van der Waals surface area contributed by atoms with E-state index in [0.29, 0.717) is 17.7 Å². The Labute approximate surface area is 176 Å². The molecule has 7 heteroatoms. The largest absolute Gasteiger partial charge is 0.399 e. The van der Waals surface area contributed by atoms with E-state index in [9.17, 15) is 14.7 Å². The maximum Gasteiger partial charge on any atom is 0.255 e. The fourth-order valence-electron chi connectivity index (χ4n) is 4.06. The third-order valence-electron chi connectivity index (χ3n) is 5.61. The van der Waals surface area contributed by atoms with Crippen LogP contribution in [0.3, 0.4) is 0 Å². The fraction of sp³-hybridized carbons (Fsp3) is 0.348. The minimum absolute atomic E-state index is 0.0983. The second-order valence-corrected chi connectivity index (χ2v) is 7.52. The number of hydrogen-bond acceptors (Lipinski definition) is 5. The Morgan fingerprint density at radius 2 is 1.90 bits per heavy atom. The molecule has 2 aromatic carbocycles. The molecule has 1 saturated heterocycles. The van der Waals surface area contributed by atoms with Crippen molar-refractivity contribution >= 4 is 17.5 Å². The summed E-state index contributed by atoms with van der Waals surface area (Å²) in [5.41, 5.74) is 8.80. The van der Waals surface area contributed by atoms with Crippen molar-refractivity contribution in [3.63, 3.8) is 0 Å². The van der Waals surface area contributed by atoms with E-state index >= 15 is 0 Å². The van der Waals surface area contributed by atoms with Gasteiger partial charge >= 0.3 is 0 Å². The summed E-state index contributed by atoms with van der Waals surface area (Å²) in [4.78, 5) is 32.1. The molecule has 0 saturated carbocycles. The number of nitrogens with zero attached hydrogens (tertiary/aromatic N) is 2. The van der Waals surface area contributed by atoms with Crippen molar-refractivity contribution in [3.05, 3.63) is 59.7 Å². The van der Waals surface area contributed by atoms with Gasteiger partial charge in [0.25, 0.3) is 5.91 Å². The summed E-state index contributed by atoms with van der Waals surface area (Å²) in [7, 11) is 1.42.